The van der Waals surface area contributed by atoms with Crippen molar-refractivity contribution in [2.75, 3.05) is 20.3 Å². The number of fused-ring (bicyclic) bond motifs is 1. The Kier molecular flexibility index (Phi) is 3.54. The third kappa shape index (κ3) is 2.40. The van der Waals surface area contributed by atoms with E-state index in [1.165, 1.54) is 0 Å². The number of benzene rings is 1. The summed E-state index contributed by atoms with van der Waals surface area (Å²) in [6.07, 6.45) is 0. The molecule has 1 aromatic heterocycles. The van der Waals surface area contributed by atoms with Crippen LogP contribution in [0.15, 0.2) is 22.6 Å². The van der Waals surface area contributed by atoms with E-state index >= 15 is 0 Å². The van der Waals surface area contributed by atoms with Gasteiger partial charge in [-0.3, -0.25) is 0 Å². The number of aryl methyl sites for hydroxylation is 1. The highest BCUT2D eigenvalue weighted by atomic mass is 16.5. The van der Waals surface area contributed by atoms with Crippen LogP contribution in [0, 0.1) is 6.92 Å². The van der Waals surface area contributed by atoms with E-state index in [2.05, 4.69) is 10.3 Å². The zero-order chi connectivity index (χ0) is 11.4. The Morgan fingerprint density at radius 3 is 3.06 bits per heavy atom. The molecule has 86 valence electrons. The molecule has 0 aliphatic heterocycles. The predicted octanol–water partition coefficient (Wildman–Crippen LogP) is 1.87. The Morgan fingerprint density at radius 1 is 1.44 bits per heavy atom. The van der Waals surface area contributed by atoms with Crippen LogP contribution in [0.2, 0.25) is 0 Å². The first-order valence-electron chi connectivity index (χ1n) is 5.36. The summed E-state index contributed by atoms with van der Waals surface area (Å²) in [6.45, 7) is 4.16. The molecule has 4 nitrogen and oxygen atoms in total. The first-order chi connectivity index (χ1) is 7.81. The van der Waals surface area contributed by atoms with Crippen LogP contribution >= 0.6 is 0 Å². The van der Waals surface area contributed by atoms with Crippen LogP contribution in [0.25, 0.3) is 11.1 Å². The van der Waals surface area contributed by atoms with E-state index < -0.39 is 0 Å². The molecule has 1 aromatic carbocycles. The summed E-state index contributed by atoms with van der Waals surface area (Å²) in [7, 11) is 1.68. The van der Waals surface area contributed by atoms with Crippen molar-refractivity contribution in [3.63, 3.8) is 0 Å². The lowest BCUT2D eigenvalue weighted by Gasteiger charge is -1.99. The predicted molar refractivity (Wildman–Crippen MR) is 62.3 cm³/mol. The SMILES string of the molecule is COCCNCc1nc2c(C)cccc2o1. The van der Waals surface area contributed by atoms with Gasteiger partial charge < -0.3 is 14.5 Å². The van der Waals surface area contributed by atoms with Gasteiger partial charge in [-0.1, -0.05) is 12.1 Å². The highest BCUT2D eigenvalue weighted by molar-refractivity contribution is 5.76. The number of ether oxygens (including phenoxy) is 1. The fourth-order valence-electron chi connectivity index (χ4n) is 1.58. The second kappa shape index (κ2) is 5.09. The molecule has 1 N–H and O–H groups in total. The number of hydrogen-bond donors (Lipinski definition) is 1. The normalized spacial score (nSPS) is 11.1. The van der Waals surface area contributed by atoms with Crippen molar-refractivity contribution in [1.29, 1.82) is 0 Å². The highest BCUT2D eigenvalue weighted by Gasteiger charge is 2.06. The Hall–Kier alpha value is -1.39. The van der Waals surface area contributed by atoms with Gasteiger partial charge in [0.25, 0.3) is 0 Å². The minimum atomic E-state index is 0.636. The van der Waals surface area contributed by atoms with Crippen molar-refractivity contribution in [3.8, 4) is 0 Å². The van der Waals surface area contributed by atoms with Gasteiger partial charge in [0, 0.05) is 13.7 Å². The van der Waals surface area contributed by atoms with Crippen LogP contribution < -0.4 is 5.32 Å². The van der Waals surface area contributed by atoms with Crippen LogP contribution in [0.4, 0.5) is 0 Å². The van der Waals surface area contributed by atoms with E-state index in [0.29, 0.717) is 13.2 Å². The summed E-state index contributed by atoms with van der Waals surface area (Å²) in [6, 6.07) is 5.95. The van der Waals surface area contributed by atoms with Gasteiger partial charge in [0.1, 0.15) is 5.52 Å². The molecule has 0 aliphatic carbocycles. The summed E-state index contributed by atoms with van der Waals surface area (Å²) in [5, 5.41) is 3.20. The maximum atomic E-state index is 5.61. The monoisotopic (exact) mass is 220 g/mol. The molecule has 2 rings (SSSR count). The third-order valence-electron chi connectivity index (χ3n) is 2.42. The van der Waals surface area contributed by atoms with Gasteiger partial charge in [-0.05, 0) is 18.6 Å². The summed E-state index contributed by atoms with van der Waals surface area (Å²) in [5.74, 6) is 0.723. The first kappa shape index (κ1) is 11.1. The van der Waals surface area contributed by atoms with E-state index in [0.717, 1.165) is 29.1 Å². The molecule has 0 radical (unpaired) electrons. The van der Waals surface area contributed by atoms with Gasteiger partial charge in [-0.2, -0.15) is 0 Å². The van der Waals surface area contributed by atoms with Crippen LogP contribution in [-0.4, -0.2) is 25.2 Å². The van der Waals surface area contributed by atoms with Gasteiger partial charge in [-0.15, -0.1) is 0 Å². The lowest BCUT2D eigenvalue weighted by Crippen LogP contribution is -2.18. The summed E-state index contributed by atoms with van der Waals surface area (Å²) >= 11 is 0. The number of aromatic nitrogens is 1. The quantitative estimate of drug-likeness (QED) is 0.781. The molecule has 0 unspecified atom stereocenters. The average Bonchev–Trinajstić information content (AvgIpc) is 2.69. The number of nitrogens with zero attached hydrogens (tertiary/aromatic N) is 1. The van der Waals surface area contributed by atoms with Crippen molar-refractivity contribution in [2.24, 2.45) is 0 Å². The largest absolute Gasteiger partial charge is 0.439 e. The van der Waals surface area contributed by atoms with Gasteiger partial charge in [0.2, 0.25) is 5.89 Å². The number of methoxy groups -OCH3 is 1. The molecular weight excluding hydrogens is 204 g/mol. The molecule has 4 heteroatoms. The molecule has 0 aliphatic rings. The first-order valence-corrected chi connectivity index (χ1v) is 5.36. The van der Waals surface area contributed by atoms with E-state index in [4.69, 9.17) is 9.15 Å². The molecule has 0 fully saturated rings. The van der Waals surface area contributed by atoms with Crippen LogP contribution in [0.3, 0.4) is 0 Å². The molecule has 1 heterocycles. The zero-order valence-electron chi connectivity index (χ0n) is 9.62. The summed E-state index contributed by atoms with van der Waals surface area (Å²) < 4.78 is 10.6. The van der Waals surface area contributed by atoms with E-state index in [9.17, 15) is 0 Å². The fourth-order valence-corrected chi connectivity index (χ4v) is 1.58. The Bertz CT molecular complexity index is 465. The molecule has 0 spiro atoms. The van der Waals surface area contributed by atoms with Crippen molar-refractivity contribution < 1.29 is 9.15 Å². The molecule has 0 saturated carbocycles. The second-order valence-corrected chi connectivity index (χ2v) is 3.70. The molecule has 0 atom stereocenters. The van der Waals surface area contributed by atoms with Gasteiger partial charge in [-0.25, -0.2) is 4.98 Å². The fraction of sp³-hybridized carbons (Fsp3) is 0.417. The highest BCUT2D eigenvalue weighted by Crippen LogP contribution is 2.18. The van der Waals surface area contributed by atoms with E-state index in [1.54, 1.807) is 7.11 Å². The van der Waals surface area contributed by atoms with E-state index in [-0.39, 0.29) is 0 Å². The van der Waals surface area contributed by atoms with Crippen molar-refractivity contribution in [2.45, 2.75) is 13.5 Å². The molecule has 0 amide bonds. The smallest absolute Gasteiger partial charge is 0.209 e. The Labute approximate surface area is 94.6 Å². The second-order valence-electron chi connectivity index (χ2n) is 3.70. The van der Waals surface area contributed by atoms with Gasteiger partial charge >= 0.3 is 0 Å². The number of oxazole rings is 1. The summed E-state index contributed by atoms with van der Waals surface area (Å²) in [5.41, 5.74) is 2.94. The molecule has 16 heavy (non-hydrogen) atoms. The molecule has 2 aromatic rings. The van der Waals surface area contributed by atoms with Crippen molar-refractivity contribution in [1.82, 2.24) is 10.3 Å². The average molecular weight is 220 g/mol. The van der Waals surface area contributed by atoms with Gasteiger partial charge in [0.15, 0.2) is 5.58 Å². The van der Waals surface area contributed by atoms with Crippen LogP contribution in [0.5, 0.6) is 0 Å². The van der Waals surface area contributed by atoms with Crippen molar-refractivity contribution >= 4 is 11.1 Å². The maximum Gasteiger partial charge on any atom is 0.209 e. The number of para-hydroxylation sites is 1. The van der Waals surface area contributed by atoms with Crippen LogP contribution in [0.1, 0.15) is 11.5 Å². The Morgan fingerprint density at radius 2 is 2.31 bits per heavy atom. The minimum Gasteiger partial charge on any atom is -0.439 e. The standard InChI is InChI=1S/C12H16N2O2/c1-9-4-3-5-10-12(9)14-11(16-10)8-13-6-7-15-2/h3-5,13H,6-8H2,1-2H3. The zero-order valence-corrected chi connectivity index (χ0v) is 9.62. The summed E-state index contributed by atoms with van der Waals surface area (Å²) in [4.78, 5) is 4.44. The molecular formula is C12H16N2O2. The van der Waals surface area contributed by atoms with Crippen LogP contribution in [-0.2, 0) is 11.3 Å². The van der Waals surface area contributed by atoms with Gasteiger partial charge in [0.05, 0.1) is 13.2 Å². The maximum absolute atomic E-state index is 5.61. The molecule has 0 saturated heterocycles. The number of rotatable bonds is 5. The third-order valence-corrected chi connectivity index (χ3v) is 2.42. The van der Waals surface area contributed by atoms with Crippen molar-refractivity contribution in [3.05, 3.63) is 29.7 Å². The Balaban J connectivity index is 2.05. The number of nitrogens with one attached hydrogen (secondary N) is 1. The lowest BCUT2D eigenvalue weighted by atomic mass is 10.2. The minimum absolute atomic E-state index is 0.636. The molecule has 0 bridgehead atoms. The number of hydrogen-bond acceptors (Lipinski definition) is 4. The van der Waals surface area contributed by atoms with E-state index in [1.807, 2.05) is 25.1 Å². The lowest BCUT2D eigenvalue weighted by molar-refractivity contribution is 0.198. The topological polar surface area (TPSA) is 47.3 Å².